The summed E-state index contributed by atoms with van der Waals surface area (Å²) in [5.74, 6) is -1.32. The Morgan fingerprint density at radius 2 is 1.73 bits per heavy atom. The van der Waals surface area contributed by atoms with Crippen LogP contribution in [0, 0.1) is 0 Å². The van der Waals surface area contributed by atoms with E-state index in [-0.39, 0.29) is 50.4 Å². The molecule has 0 spiro atoms. The lowest BCUT2D eigenvalue weighted by molar-refractivity contribution is -0.161. The smallest absolute Gasteiger partial charge is 0.434 e. The quantitative estimate of drug-likeness (QED) is 0.408. The number of carbonyl (C=O) groups is 2. The van der Waals surface area contributed by atoms with Gasteiger partial charge in [0.25, 0.3) is 0 Å². The van der Waals surface area contributed by atoms with Crippen molar-refractivity contribution in [3.8, 4) is 0 Å². The van der Waals surface area contributed by atoms with E-state index in [1.165, 1.54) is 0 Å². The molecule has 0 saturated carbocycles. The normalized spacial score (nSPS) is 21.0. The van der Waals surface area contributed by atoms with Gasteiger partial charge < -0.3 is 34.3 Å². The summed E-state index contributed by atoms with van der Waals surface area (Å²) in [4.78, 5) is 31.7. The van der Waals surface area contributed by atoms with Gasteiger partial charge in [-0.25, -0.2) is 9.78 Å². The molecule has 2 fully saturated rings. The van der Waals surface area contributed by atoms with Crippen LogP contribution < -0.4 is 5.73 Å². The number of fused-ring (bicyclic) bond motifs is 1. The standard InChI is InChI=1S/C18H31NO7.C5H4F3N3/c1-17(2,3)26-16(21)12-23-9-8-22-11-15(20)19-7-6-13-14(10-19)25-18(4,5)24-13;6-5(7,8)3-1-10-2-4(9)11-3/h13-14H,6-12H2,1-5H3;1-2H,(H2,9,11). The Morgan fingerprint density at radius 1 is 1.11 bits per heavy atom. The van der Waals surface area contributed by atoms with Crippen molar-refractivity contribution in [3.63, 3.8) is 0 Å². The van der Waals surface area contributed by atoms with Gasteiger partial charge in [-0.3, -0.25) is 9.78 Å². The molecule has 0 bridgehead atoms. The fourth-order valence-electron chi connectivity index (χ4n) is 3.54. The first-order chi connectivity index (χ1) is 17.1. The first-order valence-corrected chi connectivity index (χ1v) is 11.7. The number of ether oxygens (including phenoxy) is 5. The summed E-state index contributed by atoms with van der Waals surface area (Å²) in [6.45, 7) is 10.6. The number of rotatable bonds is 7. The van der Waals surface area contributed by atoms with Gasteiger partial charge in [-0.15, -0.1) is 0 Å². The van der Waals surface area contributed by atoms with Gasteiger partial charge in [0.15, 0.2) is 11.5 Å². The van der Waals surface area contributed by atoms with Gasteiger partial charge in [-0.05, 0) is 41.0 Å². The van der Waals surface area contributed by atoms with Crippen molar-refractivity contribution in [3.05, 3.63) is 18.1 Å². The van der Waals surface area contributed by atoms with Crippen LogP contribution in [0.25, 0.3) is 0 Å². The molecule has 2 aliphatic heterocycles. The van der Waals surface area contributed by atoms with Crippen LogP contribution in [-0.2, 0) is 39.4 Å². The van der Waals surface area contributed by atoms with Crippen LogP contribution in [0.2, 0.25) is 0 Å². The Hall–Kier alpha value is -2.55. The molecule has 210 valence electrons. The van der Waals surface area contributed by atoms with Crippen LogP contribution in [0.5, 0.6) is 0 Å². The maximum atomic E-state index is 12.2. The fraction of sp³-hybridized carbons (Fsp3) is 0.739. The number of piperidine rings is 1. The molecule has 0 radical (unpaired) electrons. The Labute approximate surface area is 213 Å². The van der Waals surface area contributed by atoms with Crippen molar-refractivity contribution in [2.45, 2.75) is 70.8 Å². The second-order valence-corrected chi connectivity index (χ2v) is 9.86. The lowest BCUT2D eigenvalue weighted by Crippen LogP contribution is -2.48. The molecule has 0 aliphatic carbocycles. The highest BCUT2D eigenvalue weighted by Gasteiger charge is 2.44. The molecule has 3 heterocycles. The molecule has 1 amide bonds. The average molecular weight is 537 g/mol. The molecule has 14 heteroatoms. The molecular weight excluding hydrogens is 501 g/mol. The Bertz CT molecular complexity index is 909. The van der Waals surface area contributed by atoms with Gasteiger partial charge in [-0.1, -0.05) is 0 Å². The molecule has 2 aliphatic rings. The van der Waals surface area contributed by atoms with E-state index in [2.05, 4.69) is 9.97 Å². The lowest BCUT2D eigenvalue weighted by Gasteiger charge is -2.32. The number of hydrogen-bond donors (Lipinski definition) is 1. The van der Waals surface area contributed by atoms with Gasteiger partial charge >= 0.3 is 12.1 Å². The summed E-state index contributed by atoms with van der Waals surface area (Å²) in [5.41, 5.74) is 3.38. The summed E-state index contributed by atoms with van der Waals surface area (Å²) in [5, 5.41) is 0. The van der Waals surface area contributed by atoms with Crippen molar-refractivity contribution in [1.29, 1.82) is 0 Å². The molecule has 2 saturated heterocycles. The average Bonchev–Trinajstić information content (AvgIpc) is 3.07. The highest BCUT2D eigenvalue weighted by molar-refractivity contribution is 5.77. The third-order valence-electron chi connectivity index (χ3n) is 4.90. The van der Waals surface area contributed by atoms with Gasteiger partial charge in [0.05, 0.1) is 31.7 Å². The zero-order valence-corrected chi connectivity index (χ0v) is 21.7. The summed E-state index contributed by atoms with van der Waals surface area (Å²) in [6.07, 6.45) is -2.07. The molecule has 0 aromatic carbocycles. The van der Waals surface area contributed by atoms with Crippen molar-refractivity contribution < 1.29 is 46.4 Å². The number of halogens is 3. The van der Waals surface area contributed by atoms with Crippen LogP contribution >= 0.6 is 0 Å². The summed E-state index contributed by atoms with van der Waals surface area (Å²) in [7, 11) is 0. The van der Waals surface area contributed by atoms with E-state index in [4.69, 9.17) is 29.4 Å². The number of nitrogens with two attached hydrogens (primary N) is 1. The van der Waals surface area contributed by atoms with E-state index in [0.29, 0.717) is 19.3 Å². The van der Waals surface area contributed by atoms with Crippen LogP contribution in [0.15, 0.2) is 12.4 Å². The molecule has 1 aromatic heterocycles. The number of carbonyl (C=O) groups excluding carboxylic acids is 2. The number of hydrogen-bond acceptors (Lipinski definition) is 10. The first-order valence-electron chi connectivity index (χ1n) is 11.7. The summed E-state index contributed by atoms with van der Waals surface area (Å²) >= 11 is 0. The van der Waals surface area contributed by atoms with E-state index >= 15 is 0 Å². The van der Waals surface area contributed by atoms with Crippen LogP contribution in [0.4, 0.5) is 19.0 Å². The Balaban J connectivity index is 0.000000364. The van der Waals surface area contributed by atoms with Crippen LogP contribution in [0.3, 0.4) is 0 Å². The number of nitrogens with zero attached hydrogens (tertiary/aromatic N) is 3. The minimum atomic E-state index is -4.47. The number of amides is 1. The Morgan fingerprint density at radius 3 is 2.30 bits per heavy atom. The molecule has 1 aromatic rings. The van der Waals surface area contributed by atoms with Gasteiger partial charge in [0.1, 0.15) is 30.7 Å². The highest BCUT2D eigenvalue weighted by Crippen LogP contribution is 2.33. The first kappa shape index (κ1) is 30.7. The van der Waals surface area contributed by atoms with E-state index < -0.39 is 29.2 Å². The van der Waals surface area contributed by atoms with Crippen LogP contribution in [0.1, 0.15) is 46.7 Å². The molecule has 11 nitrogen and oxygen atoms in total. The van der Waals surface area contributed by atoms with Crippen molar-refractivity contribution >= 4 is 17.7 Å². The summed E-state index contributed by atoms with van der Waals surface area (Å²) < 4.78 is 62.7. The van der Waals surface area contributed by atoms with Crippen LogP contribution in [-0.4, -0.2) is 89.9 Å². The second kappa shape index (κ2) is 12.8. The predicted octanol–water partition coefficient (Wildman–Crippen LogP) is 2.19. The number of esters is 1. The molecule has 37 heavy (non-hydrogen) atoms. The fourth-order valence-corrected chi connectivity index (χ4v) is 3.54. The van der Waals surface area contributed by atoms with Gasteiger partial charge in [-0.2, -0.15) is 13.2 Å². The maximum Gasteiger partial charge on any atom is 0.434 e. The summed E-state index contributed by atoms with van der Waals surface area (Å²) in [6, 6.07) is 0. The molecule has 2 atom stereocenters. The third kappa shape index (κ3) is 11.2. The van der Waals surface area contributed by atoms with E-state index in [1.807, 2.05) is 13.8 Å². The maximum absolute atomic E-state index is 12.2. The SMILES string of the molecule is CC(C)(C)OC(=O)COCCOCC(=O)N1CCC2OC(C)(C)OC2C1.Nc1cncc(C(F)(F)F)n1. The van der Waals surface area contributed by atoms with Crippen molar-refractivity contribution in [2.75, 3.05) is 45.3 Å². The minimum Gasteiger partial charge on any atom is -0.458 e. The molecule has 2 N–H and O–H groups in total. The van der Waals surface area contributed by atoms with Crippen molar-refractivity contribution in [2.24, 2.45) is 0 Å². The molecular formula is C23H35F3N4O7. The zero-order chi connectivity index (χ0) is 27.9. The highest BCUT2D eigenvalue weighted by atomic mass is 19.4. The molecule has 3 rings (SSSR count). The van der Waals surface area contributed by atoms with E-state index in [9.17, 15) is 22.8 Å². The predicted molar refractivity (Wildman–Crippen MR) is 124 cm³/mol. The third-order valence-corrected chi connectivity index (χ3v) is 4.90. The van der Waals surface area contributed by atoms with Crippen molar-refractivity contribution in [1.82, 2.24) is 14.9 Å². The van der Waals surface area contributed by atoms with Gasteiger partial charge in [0, 0.05) is 13.1 Å². The number of nitrogen functional groups attached to an aromatic ring is 1. The number of likely N-dealkylation sites (tertiary alicyclic amines) is 1. The minimum absolute atomic E-state index is 0.0164. The largest absolute Gasteiger partial charge is 0.458 e. The van der Waals surface area contributed by atoms with E-state index in [0.717, 1.165) is 12.6 Å². The Kier molecular flexibility index (Phi) is 10.6. The topological polar surface area (TPSA) is 135 Å². The number of alkyl halides is 3. The lowest BCUT2D eigenvalue weighted by atomic mass is 10.1. The molecule has 2 unspecified atom stereocenters. The zero-order valence-electron chi connectivity index (χ0n) is 21.7. The second-order valence-electron chi connectivity index (χ2n) is 9.86. The van der Waals surface area contributed by atoms with E-state index in [1.54, 1.807) is 25.7 Å². The van der Waals surface area contributed by atoms with Gasteiger partial charge in [0.2, 0.25) is 5.91 Å². The number of aromatic nitrogens is 2. The monoisotopic (exact) mass is 536 g/mol. The number of anilines is 1.